The molecule has 2 N–H and O–H groups in total. The van der Waals surface area contributed by atoms with Crippen LogP contribution in [0.2, 0.25) is 5.02 Å². The summed E-state index contributed by atoms with van der Waals surface area (Å²) < 4.78 is 19.5. The molecule has 166 valence electrons. The van der Waals surface area contributed by atoms with E-state index in [-0.39, 0.29) is 10.7 Å². The number of rotatable bonds is 6. The number of hydrogen-bond acceptors (Lipinski definition) is 5. The van der Waals surface area contributed by atoms with Crippen LogP contribution in [0.25, 0.3) is 11.3 Å². The molecule has 0 aliphatic rings. The Morgan fingerprint density at radius 1 is 1.00 bits per heavy atom. The number of nitrogens with zero attached hydrogens (tertiary/aromatic N) is 3. The molecule has 0 aliphatic carbocycles. The number of hydrogen-bond donors (Lipinski definition) is 2. The monoisotopic (exact) mass is 463 g/mol. The summed E-state index contributed by atoms with van der Waals surface area (Å²) >= 11 is 5.65. The van der Waals surface area contributed by atoms with Gasteiger partial charge in [0.05, 0.1) is 16.3 Å². The maximum atomic E-state index is 13.5. The van der Waals surface area contributed by atoms with E-state index >= 15 is 0 Å². The summed E-state index contributed by atoms with van der Waals surface area (Å²) in [6.07, 6.45) is 4.07. The fraction of sp³-hybridized carbons (Fsp3) is 0.0833. The fourth-order valence-electron chi connectivity index (χ4n) is 2.97. The van der Waals surface area contributed by atoms with Gasteiger partial charge in [-0.2, -0.15) is 0 Å². The predicted octanol–water partition coefficient (Wildman–Crippen LogP) is 6.33. The van der Waals surface area contributed by atoms with Crippen LogP contribution in [-0.4, -0.2) is 21.0 Å². The van der Waals surface area contributed by atoms with Crippen molar-refractivity contribution in [1.82, 2.24) is 15.0 Å². The van der Waals surface area contributed by atoms with E-state index in [9.17, 15) is 9.18 Å². The van der Waals surface area contributed by atoms with E-state index in [1.807, 2.05) is 19.1 Å². The number of carbonyl (C=O) groups is 1. The minimum atomic E-state index is -0.613. The maximum absolute atomic E-state index is 13.5. The Balaban J connectivity index is 1.44. The molecule has 0 fully saturated rings. The number of benzene rings is 2. The number of carbonyl (C=O) groups excluding carboxylic acids is 1. The average molecular weight is 464 g/mol. The van der Waals surface area contributed by atoms with Crippen molar-refractivity contribution < 1.29 is 13.9 Å². The van der Waals surface area contributed by atoms with Crippen LogP contribution in [0.5, 0.6) is 11.6 Å². The van der Waals surface area contributed by atoms with E-state index in [0.29, 0.717) is 17.3 Å². The number of anilines is 2. The van der Waals surface area contributed by atoms with Crippen LogP contribution in [0.1, 0.15) is 12.7 Å². The number of nitrogens with one attached hydrogen (secondary N) is 2. The van der Waals surface area contributed by atoms with E-state index in [1.54, 1.807) is 42.7 Å². The SMILES string of the molecule is CCc1nccc(-c2cccnc2Oc2ccc(NC(=O)Nc3ccc(Cl)c(F)c3)cc2)n1. The molecule has 2 heterocycles. The topological polar surface area (TPSA) is 89.0 Å². The smallest absolute Gasteiger partial charge is 0.323 e. The number of pyridine rings is 1. The molecular formula is C24H19ClFN5O2. The minimum Gasteiger partial charge on any atom is -0.438 e. The van der Waals surface area contributed by atoms with Gasteiger partial charge >= 0.3 is 6.03 Å². The number of ether oxygens (including phenoxy) is 1. The number of amides is 2. The van der Waals surface area contributed by atoms with Gasteiger partial charge in [-0.1, -0.05) is 18.5 Å². The Kier molecular flexibility index (Phi) is 6.75. The van der Waals surface area contributed by atoms with Crippen molar-refractivity contribution in [3.8, 4) is 22.9 Å². The molecule has 0 aliphatic heterocycles. The van der Waals surface area contributed by atoms with Gasteiger partial charge in [0.2, 0.25) is 5.88 Å². The third kappa shape index (κ3) is 5.61. The first kappa shape index (κ1) is 22.2. The number of aryl methyl sites for hydroxylation is 1. The lowest BCUT2D eigenvalue weighted by Gasteiger charge is -2.11. The lowest BCUT2D eigenvalue weighted by atomic mass is 10.2. The molecule has 2 aromatic carbocycles. The second-order valence-corrected chi connectivity index (χ2v) is 7.31. The molecule has 0 radical (unpaired) electrons. The first-order chi connectivity index (χ1) is 16.0. The van der Waals surface area contributed by atoms with Crippen LogP contribution in [-0.2, 0) is 6.42 Å². The van der Waals surface area contributed by atoms with Gasteiger partial charge in [-0.25, -0.2) is 24.1 Å². The molecule has 0 unspecified atom stereocenters. The molecule has 2 aromatic heterocycles. The van der Waals surface area contributed by atoms with Gasteiger partial charge in [0.1, 0.15) is 17.4 Å². The molecule has 2 amide bonds. The van der Waals surface area contributed by atoms with Gasteiger partial charge in [0.25, 0.3) is 0 Å². The quantitative estimate of drug-likeness (QED) is 0.348. The van der Waals surface area contributed by atoms with Crippen LogP contribution in [0, 0.1) is 5.82 Å². The van der Waals surface area contributed by atoms with Crippen molar-refractivity contribution in [1.29, 1.82) is 0 Å². The zero-order valence-corrected chi connectivity index (χ0v) is 18.3. The highest BCUT2D eigenvalue weighted by Gasteiger charge is 2.11. The molecule has 0 atom stereocenters. The van der Waals surface area contributed by atoms with Gasteiger partial charge < -0.3 is 15.4 Å². The van der Waals surface area contributed by atoms with Crippen LogP contribution < -0.4 is 15.4 Å². The summed E-state index contributed by atoms with van der Waals surface area (Å²) in [5, 5.41) is 5.20. The number of aromatic nitrogens is 3. The van der Waals surface area contributed by atoms with Crippen molar-refractivity contribution in [2.24, 2.45) is 0 Å². The van der Waals surface area contributed by atoms with Crippen molar-refractivity contribution in [3.05, 3.63) is 89.7 Å². The summed E-state index contributed by atoms with van der Waals surface area (Å²) in [4.78, 5) is 25.3. The normalized spacial score (nSPS) is 10.5. The highest BCUT2D eigenvalue weighted by Crippen LogP contribution is 2.30. The predicted molar refractivity (Wildman–Crippen MR) is 125 cm³/mol. The zero-order chi connectivity index (χ0) is 23.2. The van der Waals surface area contributed by atoms with E-state index < -0.39 is 11.8 Å². The Morgan fingerprint density at radius 2 is 1.76 bits per heavy atom. The molecular weight excluding hydrogens is 445 g/mol. The standard InChI is InChI=1S/C24H19ClFN5O2/c1-2-22-27-13-11-21(31-22)18-4-3-12-28-23(18)33-17-8-5-15(6-9-17)29-24(32)30-16-7-10-19(25)20(26)14-16/h3-14H,2H2,1H3,(H2,29,30,32). The summed E-state index contributed by atoms with van der Waals surface area (Å²) in [7, 11) is 0. The van der Waals surface area contributed by atoms with Gasteiger partial charge in [0.15, 0.2) is 0 Å². The van der Waals surface area contributed by atoms with Crippen LogP contribution in [0.3, 0.4) is 0 Å². The summed E-state index contributed by atoms with van der Waals surface area (Å²) in [5.41, 5.74) is 2.27. The molecule has 33 heavy (non-hydrogen) atoms. The van der Waals surface area contributed by atoms with Crippen LogP contribution >= 0.6 is 11.6 Å². The van der Waals surface area contributed by atoms with Crippen LogP contribution in [0.4, 0.5) is 20.6 Å². The first-order valence-electron chi connectivity index (χ1n) is 10.1. The third-order valence-electron chi connectivity index (χ3n) is 4.57. The summed E-state index contributed by atoms with van der Waals surface area (Å²) in [6, 6.07) is 15.8. The molecule has 4 rings (SSSR count). The van der Waals surface area contributed by atoms with Gasteiger partial charge in [-0.3, -0.25) is 0 Å². The molecule has 0 saturated heterocycles. The Labute approximate surface area is 194 Å². The lowest BCUT2D eigenvalue weighted by molar-refractivity contribution is 0.262. The third-order valence-corrected chi connectivity index (χ3v) is 4.88. The molecule has 4 aromatic rings. The Morgan fingerprint density at radius 3 is 2.52 bits per heavy atom. The Bertz CT molecular complexity index is 1280. The van der Waals surface area contributed by atoms with E-state index in [0.717, 1.165) is 29.6 Å². The average Bonchev–Trinajstić information content (AvgIpc) is 2.83. The first-order valence-corrected chi connectivity index (χ1v) is 10.5. The number of urea groups is 1. The van der Waals surface area contributed by atoms with Crippen molar-refractivity contribution in [2.75, 3.05) is 10.6 Å². The van der Waals surface area contributed by atoms with E-state index in [4.69, 9.17) is 16.3 Å². The maximum Gasteiger partial charge on any atom is 0.323 e. The summed E-state index contributed by atoms with van der Waals surface area (Å²) in [5.74, 6) is 1.06. The lowest BCUT2D eigenvalue weighted by Crippen LogP contribution is -2.19. The molecule has 0 bridgehead atoms. The number of halogens is 2. The molecule has 9 heteroatoms. The fourth-order valence-corrected chi connectivity index (χ4v) is 3.09. The Hall–Kier alpha value is -4.04. The van der Waals surface area contributed by atoms with Crippen molar-refractivity contribution >= 4 is 29.0 Å². The van der Waals surface area contributed by atoms with E-state index in [2.05, 4.69) is 25.6 Å². The van der Waals surface area contributed by atoms with Gasteiger partial charge in [-0.15, -0.1) is 0 Å². The van der Waals surface area contributed by atoms with Gasteiger partial charge in [-0.05, 0) is 60.7 Å². The molecule has 7 nitrogen and oxygen atoms in total. The largest absolute Gasteiger partial charge is 0.438 e. The highest BCUT2D eigenvalue weighted by atomic mass is 35.5. The summed E-state index contributed by atoms with van der Waals surface area (Å²) in [6.45, 7) is 1.99. The molecule has 0 spiro atoms. The second kappa shape index (κ2) is 10.1. The van der Waals surface area contributed by atoms with Crippen LogP contribution in [0.15, 0.2) is 73.1 Å². The minimum absolute atomic E-state index is 0.0156. The second-order valence-electron chi connectivity index (χ2n) is 6.90. The highest BCUT2D eigenvalue weighted by molar-refractivity contribution is 6.30. The van der Waals surface area contributed by atoms with E-state index in [1.165, 1.54) is 12.1 Å². The van der Waals surface area contributed by atoms with Gasteiger partial charge in [0, 0.05) is 30.2 Å². The molecule has 0 saturated carbocycles. The van der Waals surface area contributed by atoms with Crippen molar-refractivity contribution in [2.45, 2.75) is 13.3 Å². The zero-order valence-electron chi connectivity index (χ0n) is 17.5. The van der Waals surface area contributed by atoms with Crippen molar-refractivity contribution in [3.63, 3.8) is 0 Å².